The van der Waals surface area contributed by atoms with Crippen molar-refractivity contribution in [2.75, 3.05) is 6.54 Å². The molecule has 0 aliphatic heterocycles. The quantitative estimate of drug-likeness (QED) is 0.788. The lowest BCUT2D eigenvalue weighted by atomic mass is 9.75. The van der Waals surface area contributed by atoms with E-state index >= 15 is 0 Å². The number of tetrazole rings is 1. The summed E-state index contributed by atoms with van der Waals surface area (Å²) in [5, 5.41) is 15.3. The first-order chi connectivity index (χ1) is 7.32. The molecule has 15 heavy (non-hydrogen) atoms. The molecule has 1 aromatic rings. The van der Waals surface area contributed by atoms with Gasteiger partial charge in [0.2, 0.25) is 0 Å². The van der Waals surface area contributed by atoms with E-state index in [1.807, 2.05) is 4.68 Å². The highest BCUT2D eigenvalue weighted by atomic mass is 15.6. The summed E-state index contributed by atoms with van der Waals surface area (Å²) in [6.45, 7) is 6.03. The highest BCUT2D eigenvalue weighted by Gasteiger charge is 2.39. The van der Waals surface area contributed by atoms with Gasteiger partial charge in [-0.1, -0.05) is 13.8 Å². The average Bonchev–Trinajstić information content (AvgIpc) is 2.63. The Morgan fingerprint density at radius 2 is 2.20 bits per heavy atom. The van der Waals surface area contributed by atoms with E-state index in [1.165, 1.54) is 19.3 Å². The number of nitrogens with zero attached hydrogens (tertiary/aromatic N) is 4. The Balaban J connectivity index is 2.16. The van der Waals surface area contributed by atoms with E-state index in [0.717, 1.165) is 25.3 Å². The van der Waals surface area contributed by atoms with Crippen molar-refractivity contribution in [3.63, 3.8) is 0 Å². The highest BCUT2D eigenvalue weighted by molar-refractivity contribution is 4.97. The lowest BCUT2D eigenvalue weighted by Gasteiger charge is -2.41. The minimum atomic E-state index is 0.217. The number of hydrogen-bond acceptors (Lipinski definition) is 4. The Morgan fingerprint density at radius 1 is 1.40 bits per heavy atom. The van der Waals surface area contributed by atoms with Gasteiger partial charge < -0.3 is 5.32 Å². The molecule has 5 nitrogen and oxygen atoms in total. The van der Waals surface area contributed by atoms with Crippen LogP contribution in [0.4, 0.5) is 0 Å². The molecule has 0 bridgehead atoms. The van der Waals surface area contributed by atoms with Gasteiger partial charge in [0.1, 0.15) is 0 Å². The topological polar surface area (TPSA) is 55.6 Å². The minimum absolute atomic E-state index is 0.217. The molecule has 0 spiro atoms. The molecular formula is C10H19N5. The summed E-state index contributed by atoms with van der Waals surface area (Å²) >= 11 is 0. The first-order valence-corrected chi connectivity index (χ1v) is 5.81. The molecule has 5 heteroatoms. The van der Waals surface area contributed by atoms with Gasteiger partial charge in [-0.2, -0.15) is 0 Å². The highest BCUT2D eigenvalue weighted by Crippen LogP contribution is 2.41. The predicted octanol–water partition coefficient (Wildman–Crippen LogP) is 1.07. The molecule has 0 aromatic carbocycles. The lowest BCUT2D eigenvalue weighted by Crippen LogP contribution is -2.42. The van der Waals surface area contributed by atoms with Gasteiger partial charge in [-0.15, -0.1) is 5.10 Å². The fourth-order valence-corrected chi connectivity index (χ4v) is 2.22. The molecule has 1 saturated carbocycles. The number of nitrogens with one attached hydrogen (secondary N) is 1. The molecule has 0 saturated heterocycles. The molecule has 1 aliphatic carbocycles. The summed E-state index contributed by atoms with van der Waals surface area (Å²) in [6.07, 6.45) is 4.85. The molecule has 1 N–H and O–H groups in total. The van der Waals surface area contributed by atoms with Crippen LogP contribution in [-0.4, -0.2) is 26.8 Å². The third-order valence-corrected chi connectivity index (χ3v) is 3.46. The number of aromatic nitrogens is 4. The zero-order valence-corrected chi connectivity index (χ0v) is 9.53. The van der Waals surface area contributed by atoms with Gasteiger partial charge in [0.25, 0.3) is 0 Å². The summed E-state index contributed by atoms with van der Waals surface area (Å²) in [4.78, 5) is 0. The lowest BCUT2D eigenvalue weighted by molar-refractivity contribution is 0.111. The van der Waals surface area contributed by atoms with Crippen LogP contribution in [-0.2, 0) is 12.1 Å². The fourth-order valence-electron chi connectivity index (χ4n) is 2.22. The molecule has 1 fully saturated rings. The first-order valence-electron chi connectivity index (χ1n) is 5.81. The maximum atomic E-state index is 4.15. The van der Waals surface area contributed by atoms with E-state index in [2.05, 4.69) is 34.7 Å². The smallest absolute Gasteiger partial charge is 0.165 e. The van der Waals surface area contributed by atoms with E-state index in [9.17, 15) is 0 Å². The molecule has 1 aliphatic rings. The molecule has 0 unspecified atom stereocenters. The van der Waals surface area contributed by atoms with Crippen molar-refractivity contribution < 1.29 is 0 Å². The van der Waals surface area contributed by atoms with Crippen LogP contribution >= 0.6 is 0 Å². The van der Waals surface area contributed by atoms with Gasteiger partial charge in [-0.25, -0.2) is 4.68 Å². The Labute approximate surface area is 90.2 Å². The normalized spacial score (nSPS) is 18.8. The Bertz CT molecular complexity index is 310. The Kier molecular flexibility index (Phi) is 3.00. The summed E-state index contributed by atoms with van der Waals surface area (Å²) in [7, 11) is 0. The van der Waals surface area contributed by atoms with Crippen molar-refractivity contribution in [2.24, 2.45) is 0 Å². The van der Waals surface area contributed by atoms with Crippen molar-refractivity contribution in [3.8, 4) is 0 Å². The van der Waals surface area contributed by atoms with Crippen LogP contribution in [0.2, 0.25) is 0 Å². The van der Waals surface area contributed by atoms with E-state index in [4.69, 9.17) is 0 Å². The number of rotatable bonds is 5. The van der Waals surface area contributed by atoms with Gasteiger partial charge in [0, 0.05) is 0 Å². The summed E-state index contributed by atoms with van der Waals surface area (Å²) in [5.74, 6) is 0.971. The van der Waals surface area contributed by atoms with Gasteiger partial charge in [-0.3, -0.25) is 0 Å². The molecule has 1 aromatic heterocycles. The van der Waals surface area contributed by atoms with Gasteiger partial charge in [0.05, 0.1) is 12.1 Å². The molecule has 1 heterocycles. The van der Waals surface area contributed by atoms with Crippen LogP contribution in [0.15, 0.2) is 0 Å². The predicted molar refractivity (Wildman–Crippen MR) is 57.3 cm³/mol. The van der Waals surface area contributed by atoms with Crippen molar-refractivity contribution in [1.82, 2.24) is 25.5 Å². The Hall–Kier alpha value is -0.970. The first kappa shape index (κ1) is 10.5. The zero-order valence-electron chi connectivity index (χ0n) is 9.53. The van der Waals surface area contributed by atoms with E-state index < -0.39 is 0 Å². The molecule has 84 valence electrons. The summed E-state index contributed by atoms with van der Waals surface area (Å²) in [6, 6.07) is 0. The molecule has 0 atom stereocenters. The van der Waals surface area contributed by atoms with Gasteiger partial charge in [-0.05, 0) is 42.7 Å². The SMILES string of the molecule is CCNCc1nnnn1C1(CC)CCC1. The summed E-state index contributed by atoms with van der Waals surface area (Å²) < 4.78 is 2.04. The largest absolute Gasteiger partial charge is 0.310 e. The second-order valence-electron chi connectivity index (χ2n) is 4.22. The minimum Gasteiger partial charge on any atom is -0.310 e. The van der Waals surface area contributed by atoms with Crippen LogP contribution in [0, 0.1) is 0 Å². The van der Waals surface area contributed by atoms with Crippen molar-refractivity contribution in [3.05, 3.63) is 5.82 Å². The average molecular weight is 209 g/mol. The van der Waals surface area contributed by atoms with Crippen LogP contribution in [0.25, 0.3) is 0 Å². The maximum absolute atomic E-state index is 4.15. The molecule has 0 radical (unpaired) electrons. The monoisotopic (exact) mass is 209 g/mol. The fraction of sp³-hybridized carbons (Fsp3) is 0.900. The van der Waals surface area contributed by atoms with Crippen molar-refractivity contribution in [1.29, 1.82) is 0 Å². The van der Waals surface area contributed by atoms with Gasteiger partial charge >= 0.3 is 0 Å². The number of hydrogen-bond donors (Lipinski definition) is 1. The molecule has 2 rings (SSSR count). The van der Waals surface area contributed by atoms with Gasteiger partial charge in [0.15, 0.2) is 5.82 Å². The third-order valence-electron chi connectivity index (χ3n) is 3.46. The van der Waals surface area contributed by atoms with E-state index in [1.54, 1.807) is 0 Å². The van der Waals surface area contributed by atoms with E-state index in [0.29, 0.717) is 0 Å². The standard InChI is InChI=1S/C10H19N5/c1-3-10(6-5-7-10)15-9(8-11-4-2)12-13-14-15/h11H,3-8H2,1-2H3. The van der Waals surface area contributed by atoms with Crippen LogP contribution < -0.4 is 5.32 Å². The third kappa shape index (κ3) is 1.76. The van der Waals surface area contributed by atoms with Crippen molar-refractivity contribution >= 4 is 0 Å². The molecular weight excluding hydrogens is 190 g/mol. The molecule has 0 amide bonds. The van der Waals surface area contributed by atoms with Crippen LogP contribution in [0.3, 0.4) is 0 Å². The summed E-state index contributed by atoms with van der Waals surface area (Å²) in [5.41, 5.74) is 0.217. The van der Waals surface area contributed by atoms with Crippen LogP contribution in [0.1, 0.15) is 45.4 Å². The second kappa shape index (κ2) is 4.26. The Morgan fingerprint density at radius 3 is 2.73 bits per heavy atom. The van der Waals surface area contributed by atoms with E-state index in [-0.39, 0.29) is 5.54 Å². The van der Waals surface area contributed by atoms with Crippen LogP contribution in [0.5, 0.6) is 0 Å². The zero-order chi connectivity index (χ0) is 10.7. The second-order valence-corrected chi connectivity index (χ2v) is 4.22. The van der Waals surface area contributed by atoms with Crippen molar-refractivity contribution in [2.45, 2.75) is 51.6 Å². The maximum Gasteiger partial charge on any atom is 0.165 e.